The number of benzene rings is 2. The third-order valence-electron chi connectivity index (χ3n) is 4.78. The molecule has 0 unspecified atom stereocenters. The summed E-state index contributed by atoms with van der Waals surface area (Å²) in [4.78, 5) is 20.4. The second kappa shape index (κ2) is 9.18. The third kappa shape index (κ3) is 5.29. The molecule has 10 heteroatoms. The Hall–Kier alpha value is -4.47. The van der Waals surface area contributed by atoms with Gasteiger partial charge in [0.1, 0.15) is 17.4 Å². The molecular formula is C24H24FN7O2. The molecule has 4 N–H and O–H groups in total. The Morgan fingerprint density at radius 1 is 1.06 bits per heavy atom. The monoisotopic (exact) mass is 461 g/mol. The van der Waals surface area contributed by atoms with Crippen LogP contribution >= 0.6 is 0 Å². The molecule has 2 heterocycles. The van der Waals surface area contributed by atoms with Gasteiger partial charge in [-0.3, -0.25) is 5.32 Å². The van der Waals surface area contributed by atoms with Crippen molar-refractivity contribution in [2.45, 2.75) is 26.2 Å². The van der Waals surface area contributed by atoms with Crippen LogP contribution in [0.5, 0.6) is 11.6 Å². The van der Waals surface area contributed by atoms with E-state index in [0.29, 0.717) is 5.82 Å². The molecular weight excluding hydrogens is 437 g/mol. The van der Waals surface area contributed by atoms with Crippen LogP contribution < -0.4 is 21.1 Å². The molecule has 9 nitrogen and oxygen atoms in total. The normalized spacial score (nSPS) is 11.2. The third-order valence-corrected chi connectivity index (χ3v) is 4.78. The van der Waals surface area contributed by atoms with Crippen LogP contribution in [0.2, 0.25) is 0 Å². The van der Waals surface area contributed by atoms with Gasteiger partial charge in [-0.05, 0) is 24.3 Å². The number of hydrogen-bond acceptors (Lipinski definition) is 6. The lowest BCUT2D eigenvalue weighted by Crippen LogP contribution is -2.21. The minimum absolute atomic E-state index is 0.0196. The Morgan fingerprint density at radius 3 is 2.50 bits per heavy atom. The summed E-state index contributed by atoms with van der Waals surface area (Å²) in [6.45, 7) is 6.09. The highest BCUT2D eigenvalue weighted by Crippen LogP contribution is 2.27. The molecule has 4 rings (SSSR count). The van der Waals surface area contributed by atoms with Crippen LogP contribution in [0.1, 0.15) is 26.5 Å². The van der Waals surface area contributed by atoms with Crippen molar-refractivity contribution < 1.29 is 13.9 Å². The van der Waals surface area contributed by atoms with Crippen LogP contribution in [0.25, 0.3) is 5.69 Å². The Morgan fingerprint density at radius 2 is 1.82 bits per heavy atom. The van der Waals surface area contributed by atoms with Gasteiger partial charge >= 0.3 is 6.03 Å². The number of amides is 2. The summed E-state index contributed by atoms with van der Waals surface area (Å²) in [7, 11) is 0. The quantitative estimate of drug-likeness (QED) is 0.380. The number of halogens is 1. The molecule has 2 amide bonds. The molecule has 34 heavy (non-hydrogen) atoms. The minimum atomic E-state index is -0.679. The number of rotatable bonds is 5. The van der Waals surface area contributed by atoms with Crippen molar-refractivity contribution in [1.82, 2.24) is 19.7 Å². The molecule has 0 aliphatic carbocycles. The highest BCUT2D eigenvalue weighted by molar-refractivity contribution is 5.99. The molecule has 2 aromatic carbocycles. The SMILES string of the molecule is CC(C)(C)c1cc(NC(=O)Nc2ccc(Oc3ccnc(N)n3)cc2F)n(-c2ccccc2)n1. The van der Waals surface area contributed by atoms with Crippen LogP contribution in [0.3, 0.4) is 0 Å². The molecule has 0 bridgehead atoms. The summed E-state index contributed by atoms with van der Waals surface area (Å²) >= 11 is 0. The smallest absolute Gasteiger partial charge is 0.324 e. The molecule has 0 aliphatic heterocycles. The van der Waals surface area contributed by atoms with Crippen molar-refractivity contribution in [3.63, 3.8) is 0 Å². The number of para-hydroxylation sites is 1. The largest absolute Gasteiger partial charge is 0.439 e. The first-order chi connectivity index (χ1) is 16.2. The average Bonchev–Trinajstić information content (AvgIpc) is 3.20. The molecule has 0 saturated heterocycles. The maximum Gasteiger partial charge on any atom is 0.324 e. The first-order valence-corrected chi connectivity index (χ1v) is 10.5. The summed E-state index contributed by atoms with van der Waals surface area (Å²) in [5, 5.41) is 9.93. The van der Waals surface area contributed by atoms with Crippen molar-refractivity contribution in [3.8, 4) is 17.3 Å². The summed E-state index contributed by atoms with van der Waals surface area (Å²) < 4.78 is 21.8. The number of nitrogens with two attached hydrogens (primary N) is 1. The van der Waals surface area contributed by atoms with Gasteiger partial charge in [0.15, 0.2) is 0 Å². The zero-order valence-electron chi connectivity index (χ0n) is 18.9. The number of urea groups is 1. The fourth-order valence-electron chi connectivity index (χ4n) is 3.07. The number of carbonyl (C=O) groups excluding carboxylic acids is 1. The first-order valence-electron chi connectivity index (χ1n) is 10.5. The fourth-order valence-corrected chi connectivity index (χ4v) is 3.07. The van der Waals surface area contributed by atoms with Crippen molar-refractivity contribution in [3.05, 3.63) is 78.4 Å². The zero-order valence-corrected chi connectivity index (χ0v) is 18.9. The molecule has 0 atom stereocenters. The Bertz CT molecular complexity index is 1320. The molecule has 0 spiro atoms. The fraction of sp³-hybridized carbons (Fsp3) is 0.167. The van der Waals surface area contributed by atoms with E-state index in [1.54, 1.807) is 10.7 Å². The molecule has 0 fully saturated rings. The Kier molecular flexibility index (Phi) is 6.13. The van der Waals surface area contributed by atoms with Gasteiger partial charge in [-0.25, -0.2) is 18.9 Å². The number of anilines is 3. The Labute approximate surface area is 195 Å². The lowest BCUT2D eigenvalue weighted by molar-refractivity contribution is 0.262. The van der Waals surface area contributed by atoms with Crippen LogP contribution in [0.15, 0.2) is 66.9 Å². The lowest BCUT2D eigenvalue weighted by Gasteiger charge is -2.14. The summed E-state index contributed by atoms with van der Waals surface area (Å²) in [5.41, 5.74) is 6.85. The number of hydrogen-bond donors (Lipinski definition) is 3. The Balaban J connectivity index is 1.51. The lowest BCUT2D eigenvalue weighted by atomic mass is 9.92. The molecule has 4 aromatic rings. The van der Waals surface area contributed by atoms with E-state index in [2.05, 4.69) is 25.7 Å². The van der Waals surface area contributed by atoms with Crippen molar-refractivity contribution >= 4 is 23.5 Å². The number of ether oxygens (including phenoxy) is 1. The number of nitrogens with one attached hydrogen (secondary N) is 2. The zero-order chi connectivity index (χ0) is 24.3. The molecule has 0 saturated carbocycles. The van der Waals surface area contributed by atoms with Gasteiger partial charge in [0.05, 0.1) is 17.1 Å². The van der Waals surface area contributed by atoms with Crippen LogP contribution in [0.4, 0.5) is 26.6 Å². The number of nitrogens with zero attached hydrogens (tertiary/aromatic N) is 4. The van der Waals surface area contributed by atoms with Gasteiger partial charge in [-0.1, -0.05) is 39.0 Å². The molecule has 2 aromatic heterocycles. The molecule has 0 radical (unpaired) electrons. The standard InChI is InChI=1S/C24H24FN7O2/c1-24(2,3)19-14-20(32(31-19)15-7-5-4-6-8-15)29-23(33)28-18-10-9-16(13-17(18)25)34-21-11-12-27-22(26)30-21/h4-14H,1-3H3,(H2,26,27,30)(H2,28,29,33). The predicted molar refractivity (Wildman–Crippen MR) is 128 cm³/mol. The van der Waals surface area contributed by atoms with E-state index in [0.717, 1.165) is 17.4 Å². The average molecular weight is 462 g/mol. The maximum absolute atomic E-state index is 14.6. The van der Waals surface area contributed by atoms with Crippen LogP contribution in [0, 0.1) is 5.82 Å². The van der Waals surface area contributed by atoms with E-state index in [9.17, 15) is 9.18 Å². The van der Waals surface area contributed by atoms with Crippen LogP contribution in [-0.4, -0.2) is 25.8 Å². The van der Waals surface area contributed by atoms with E-state index >= 15 is 0 Å². The summed E-state index contributed by atoms with van der Waals surface area (Å²) in [5.74, 6) is 0.182. The van der Waals surface area contributed by atoms with Gasteiger partial charge in [-0.2, -0.15) is 10.1 Å². The minimum Gasteiger partial charge on any atom is -0.439 e. The predicted octanol–water partition coefficient (Wildman–Crippen LogP) is 5.12. The summed E-state index contributed by atoms with van der Waals surface area (Å²) in [6.07, 6.45) is 1.43. The molecule has 0 aliphatic rings. The van der Waals surface area contributed by atoms with Crippen molar-refractivity contribution in [1.29, 1.82) is 0 Å². The van der Waals surface area contributed by atoms with Crippen molar-refractivity contribution in [2.24, 2.45) is 0 Å². The number of aromatic nitrogens is 4. The van der Waals surface area contributed by atoms with E-state index in [-0.39, 0.29) is 28.7 Å². The van der Waals surface area contributed by atoms with Crippen LogP contribution in [-0.2, 0) is 5.41 Å². The number of carbonyl (C=O) groups is 1. The van der Waals surface area contributed by atoms with Gasteiger partial charge in [0, 0.05) is 29.8 Å². The first kappa shape index (κ1) is 22.7. The van der Waals surface area contributed by atoms with Gasteiger partial charge in [0.25, 0.3) is 0 Å². The topological polar surface area (TPSA) is 120 Å². The highest BCUT2D eigenvalue weighted by atomic mass is 19.1. The second-order valence-corrected chi connectivity index (χ2v) is 8.49. The summed E-state index contributed by atoms with van der Waals surface area (Å²) in [6, 6.07) is 16.1. The van der Waals surface area contributed by atoms with Gasteiger partial charge in [0.2, 0.25) is 11.8 Å². The van der Waals surface area contributed by atoms with E-state index in [4.69, 9.17) is 10.5 Å². The maximum atomic E-state index is 14.6. The number of nitrogen functional groups attached to an aromatic ring is 1. The van der Waals surface area contributed by atoms with Crippen molar-refractivity contribution in [2.75, 3.05) is 16.4 Å². The van der Waals surface area contributed by atoms with Gasteiger partial charge in [-0.15, -0.1) is 0 Å². The second-order valence-electron chi connectivity index (χ2n) is 8.49. The van der Waals surface area contributed by atoms with E-state index in [1.165, 1.54) is 24.4 Å². The highest BCUT2D eigenvalue weighted by Gasteiger charge is 2.21. The van der Waals surface area contributed by atoms with Gasteiger partial charge < -0.3 is 15.8 Å². The van der Waals surface area contributed by atoms with E-state index < -0.39 is 11.8 Å². The molecule has 174 valence electrons. The van der Waals surface area contributed by atoms with E-state index in [1.807, 2.05) is 51.1 Å².